The molecule has 1 saturated carbocycles. The van der Waals surface area contributed by atoms with Crippen LogP contribution in [0.4, 0.5) is 10.1 Å². The molecule has 170 valence electrons. The molecule has 33 heavy (non-hydrogen) atoms. The molecule has 0 atom stereocenters. The van der Waals surface area contributed by atoms with E-state index in [1.807, 2.05) is 36.4 Å². The van der Waals surface area contributed by atoms with E-state index in [9.17, 15) is 14.0 Å². The Morgan fingerprint density at radius 1 is 0.970 bits per heavy atom. The van der Waals surface area contributed by atoms with Crippen LogP contribution < -0.4 is 5.32 Å². The molecule has 3 aromatic rings. The SMILES string of the molecule is O=C(Nc1cc2ccccc2cc1C(=O)N1CCN(Cc2c(F)cccc2Cl)CC1)C1CC1. The van der Waals surface area contributed by atoms with Gasteiger partial charge in [0.05, 0.1) is 11.3 Å². The van der Waals surface area contributed by atoms with E-state index in [1.54, 1.807) is 17.0 Å². The molecule has 7 heteroatoms. The zero-order valence-electron chi connectivity index (χ0n) is 18.2. The zero-order chi connectivity index (χ0) is 22.9. The van der Waals surface area contributed by atoms with E-state index in [0.29, 0.717) is 54.6 Å². The van der Waals surface area contributed by atoms with Gasteiger partial charge in [-0.3, -0.25) is 14.5 Å². The molecule has 0 radical (unpaired) electrons. The number of carbonyl (C=O) groups is 2. The summed E-state index contributed by atoms with van der Waals surface area (Å²) < 4.78 is 14.2. The highest BCUT2D eigenvalue weighted by molar-refractivity contribution is 6.31. The van der Waals surface area contributed by atoms with Crippen LogP contribution in [0, 0.1) is 11.7 Å². The third-order valence-corrected chi connectivity index (χ3v) is 6.78. The van der Waals surface area contributed by atoms with Crippen molar-refractivity contribution < 1.29 is 14.0 Å². The summed E-state index contributed by atoms with van der Waals surface area (Å²) in [5.41, 5.74) is 1.56. The molecule has 0 spiro atoms. The molecule has 1 N–H and O–H groups in total. The van der Waals surface area contributed by atoms with Crippen LogP contribution in [0.25, 0.3) is 10.8 Å². The molecule has 0 aromatic heterocycles. The predicted molar refractivity (Wildman–Crippen MR) is 128 cm³/mol. The molecule has 3 aromatic carbocycles. The van der Waals surface area contributed by atoms with Gasteiger partial charge in [-0.2, -0.15) is 0 Å². The molecular formula is C26H25ClFN3O2. The van der Waals surface area contributed by atoms with Gasteiger partial charge in [-0.25, -0.2) is 4.39 Å². The second-order valence-corrected chi connectivity index (χ2v) is 9.18. The third-order valence-electron chi connectivity index (χ3n) is 6.43. The first-order valence-corrected chi connectivity index (χ1v) is 11.7. The van der Waals surface area contributed by atoms with Gasteiger partial charge in [0.1, 0.15) is 5.82 Å². The minimum atomic E-state index is -0.312. The van der Waals surface area contributed by atoms with Crippen molar-refractivity contribution in [2.24, 2.45) is 5.92 Å². The quantitative estimate of drug-likeness (QED) is 0.580. The maximum absolute atomic E-state index is 14.2. The van der Waals surface area contributed by atoms with E-state index >= 15 is 0 Å². The highest BCUT2D eigenvalue weighted by Gasteiger charge is 2.31. The van der Waals surface area contributed by atoms with Crippen molar-refractivity contribution in [3.63, 3.8) is 0 Å². The maximum Gasteiger partial charge on any atom is 0.256 e. The molecule has 1 heterocycles. The topological polar surface area (TPSA) is 52.7 Å². The third kappa shape index (κ3) is 4.72. The Morgan fingerprint density at radius 2 is 1.67 bits per heavy atom. The van der Waals surface area contributed by atoms with Crippen LogP contribution in [0.1, 0.15) is 28.8 Å². The molecule has 5 rings (SSSR count). The second-order valence-electron chi connectivity index (χ2n) is 8.78. The number of carbonyl (C=O) groups excluding carboxylic acids is 2. The number of nitrogens with zero attached hydrogens (tertiary/aromatic N) is 2. The number of halogens is 2. The highest BCUT2D eigenvalue weighted by Crippen LogP contribution is 2.32. The fraction of sp³-hybridized carbons (Fsp3) is 0.308. The molecule has 2 amide bonds. The summed E-state index contributed by atoms with van der Waals surface area (Å²) in [6.45, 7) is 2.69. The molecule has 1 aliphatic carbocycles. The molecule has 1 aliphatic heterocycles. The first kappa shape index (κ1) is 21.9. The number of amides is 2. The summed E-state index contributed by atoms with van der Waals surface area (Å²) >= 11 is 6.18. The maximum atomic E-state index is 14.2. The summed E-state index contributed by atoms with van der Waals surface area (Å²) in [5.74, 6) is -0.386. The predicted octanol–water partition coefficient (Wildman–Crippen LogP) is 4.94. The average molecular weight is 466 g/mol. The summed E-state index contributed by atoms with van der Waals surface area (Å²) in [5, 5.41) is 5.34. The fourth-order valence-corrected chi connectivity index (χ4v) is 4.51. The van der Waals surface area contributed by atoms with Crippen molar-refractivity contribution in [1.29, 1.82) is 0 Å². The van der Waals surface area contributed by atoms with Crippen LogP contribution in [-0.2, 0) is 11.3 Å². The van der Waals surface area contributed by atoms with Crippen molar-refractivity contribution in [3.8, 4) is 0 Å². The number of benzene rings is 3. The summed E-state index contributed by atoms with van der Waals surface area (Å²) in [6.07, 6.45) is 1.80. The number of piperazine rings is 1. The minimum Gasteiger partial charge on any atom is -0.336 e. The van der Waals surface area contributed by atoms with Crippen LogP contribution in [0.15, 0.2) is 54.6 Å². The minimum absolute atomic E-state index is 0.0223. The molecule has 0 unspecified atom stereocenters. The zero-order valence-corrected chi connectivity index (χ0v) is 18.9. The Bertz CT molecular complexity index is 1200. The lowest BCUT2D eigenvalue weighted by Gasteiger charge is -2.35. The van der Waals surface area contributed by atoms with Crippen LogP contribution in [0.3, 0.4) is 0 Å². The van der Waals surface area contributed by atoms with Gasteiger partial charge in [0.15, 0.2) is 0 Å². The fourth-order valence-electron chi connectivity index (χ4n) is 4.29. The van der Waals surface area contributed by atoms with Crippen molar-refractivity contribution in [3.05, 3.63) is 76.6 Å². The Hall–Kier alpha value is -2.96. The first-order valence-electron chi connectivity index (χ1n) is 11.3. The summed E-state index contributed by atoms with van der Waals surface area (Å²) in [4.78, 5) is 29.8. The van der Waals surface area contributed by atoms with Crippen LogP contribution in [0.2, 0.25) is 5.02 Å². The van der Waals surface area contributed by atoms with Gasteiger partial charge >= 0.3 is 0 Å². The molecular weight excluding hydrogens is 441 g/mol. The van der Waals surface area contributed by atoms with Crippen LogP contribution >= 0.6 is 11.6 Å². The lowest BCUT2D eigenvalue weighted by molar-refractivity contribution is -0.117. The summed E-state index contributed by atoms with van der Waals surface area (Å²) in [7, 11) is 0. The molecule has 5 nitrogen and oxygen atoms in total. The Balaban J connectivity index is 1.33. The molecule has 1 saturated heterocycles. The van der Waals surface area contributed by atoms with Crippen molar-refractivity contribution >= 4 is 39.9 Å². The number of rotatable bonds is 5. The van der Waals surface area contributed by atoms with Gasteiger partial charge in [-0.15, -0.1) is 0 Å². The number of hydrogen-bond acceptors (Lipinski definition) is 3. The van der Waals surface area contributed by atoms with E-state index < -0.39 is 0 Å². The van der Waals surface area contributed by atoms with Gasteiger partial charge < -0.3 is 10.2 Å². The van der Waals surface area contributed by atoms with E-state index in [2.05, 4.69) is 10.2 Å². The van der Waals surface area contributed by atoms with Gasteiger partial charge in [-0.1, -0.05) is 41.9 Å². The summed E-state index contributed by atoms with van der Waals surface area (Å²) in [6, 6.07) is 16.3. The highest BCUT2D eigenvalue weighted by atomic mass is 35.5. The normalized spacial score (nSPS) is 16.7. The molecule has 0 bridgehead atoms. The van der Waals surface area contributed by atoms with Crippen molar-refractivity contribution in [2.45, 2.75) is 19.4 Å². The van der Waals surface area contributed by atoms with E-state index in [4.69, 9.17) is 11.6 Å². The van der Waals surface area contributed by atoms with Gasteiger partial charge in [0.25, 0.3) is 5.91 Å². The van der Waals surface area contributed by atoms with E-state index in [-0.39, 0.29) is 23.5 Å². The standard InChI is InChI=1S/C26H25ClFN3O2/c27-22-6-3-7-23(28)21(22)16-30-10-12-31(13-11-30)26(33)20-14-18-4-1-2-5-19(18)15-24(20)29-25(32)17-8-9-17/h1-7,14-15,17H,8-13,16H2,(H,29,32). The molecule has 2 fully saturated rings. The van der Waals surface area contributed by atoms with Gasteiger partial charge in [0.2, 0.25) is 5.91 Å². The Labute approximate surface area is 197 Å². The lowest BCUT2D eigenvalue weighted by atomic mass is 10.0. The van der Waals surface area contributed by atoms with Gasteiger partial charge in [0, 0.05) is 49.2 Å². The van der Waals surface area contributed by atoms with Crippen LogP contribution in [-0.4, -0.2) is 47.8 Å². The largest absolute Gasteiger partial charge is 0.336 e. The number of nitrogens with one attached hydrogen (secondary N) is 1. The first-order chi connectivity index (χ1) is 16.0. The van der Waals surface area contributed by atoms with Gasteiger partial charge in [-0.05, 0) is 47.9 Å². The van der Waals surface area contributed by atoms with E-state index in [1.165, 1.54) is 6.07 Å². The Kier molecular flexibility index (Phi) is 6.04. The number of anilines is 1. The Morgan fingerprint density at radius 3 is 2.33 bits per heavy atom. The average Bonchev–Trinajstić information content (AvgIpc) is 3.67. The number of hydrogen-bond donors (Lipinski definition) is 1. The number of fused-ring (bicyclic) bond motifs is 1. The van der Waals surface area contributed by atoms with Crippen LogP contribution in [0.5, 0.6) is 0 Å². The second kappa shape index (κ2) is 9.12. The van der Waals surface area contributed by atoms with Crippen molar-refractivity contribution in [2.75, 3.05) is 31.5 Å². The van der Waals surface area contributed by atoms with Crippen molar-refractivity contribution in [1.82, 2.24) is 9.80 Å². The molecule has 2 aliphatic rings. The monoisotopic (exact) mass is 465 g/mol. The van der Waals surface area contributed by atoms with E-state index in [0.717, 1.165) is 23.6 Å². The smallest absolute Gasteiger partial charge is 0.256 e. The lowest BCUT2D eigenvalue weighted by Crippen LogP contribution is -2.48.